The molecule has 0 aliphatic carbocycles. The minimum Gasteiger partial charge on any atom is -0.310 e. The topological polar surface area (TPSA) is 28.2 Å². The zero-order valence-electron chi connectivity index (χ0n) is 10.0. The van der Waals surface area contributed by atoms with Gasteiger partial charge in [-0.2, -0.15) is 0 Å². The van der Waals surface area contributed by atoms with E-state index in [1.165, 1.54) is 12.3 Å². The van der Waals surface area contributed by atoms with Gasteiger partial charge in [0.2, 0.25) is 0 Å². The lowest BCUT2D eigenvalue weighted by molar-refractivity contribution is 0.302. The Kier molecular flexibility index (Phi) is 5.96. The summed E-state index contributed by atoms with van der Waals surface area (Å²) in [6.07, 6.45) is 1.25. The van der Waals surface area contributed by atoms with E-state index in [2.05, 4.69) is 29.0 Å². The van der Waals surface area contributed by atoms with Gasteiger partial charge in [0.25, 0.3) is 0 Å². The van der Waals surface area contributed by atoms with Crippen molar-refractivity contribution in [2.45, 2.75) is 20.4 Å². The second-order valence-electron chi connectivity index (χ2n) is 3.67. The first-order valence-corrected chi connectivity index (χ1v) is 5.79. The van der Waals surface area contributed by atoms with Crippen molar-refractivity contribution in [1.29, 1.82) is 0 Å². The Morgan fingerprint density at radius 3 is 2.62 bits per heavy atom. The molecule has 0 radical (unpaired) electrons. The van der Waals surface area contributed by atoms with Crippen molar-refractivity contribution < 1.29 is 4.39 Å². The molecule has 0 unspecified atom stereocenters. The molecule has 0 fully saturated rings. The lowest BCUT2D eigenvalue weighted by atomic mass is 10.3. The molecule has 0 amide bonds. The van der Waals surface area contributed by atoms with Gasteiger partial charge >= 0.3 is 0 Å². The molecule has 0 atom stereocenters. The third-order valence-corrected chi connectivity index (χ3v) is 2.59. The van der Waals surface area contributed by atoms with Gasteiger partial charge in [0.05, 0.1) is 11.9 Å². The Hall–Kier alpha value is -1.00. The normalized spacial score (nSPS) is 11.0. The van der Waals surface area contributed by atoms with Gasteiger partial charge in [0, 0.05) is 19.6 Å². The number of halogens is 1. The maximum atomic E-state index is 12.6. The second-order valence-corrected chi connectivity index (χ2v) is 3.67. The smallest absolute Gasteiger partial charge is 0.141 e. The summed E-state index contributed by atoms with van der Waals surface area (Å²) in [5.74, 6) is -0.285. The van der Waals surface area contributed by atoms with Gasteiger partial charge in [0.1, 0.15) is 5.82 Å². The first-order valence-electron chi connectivity index (χ1n) is 5.79. The molecule has 16 heavy (non-hydrogen) atoms. The maximum absolute atomic E-state index is 12.6. The number of pyridine rings is 1. The number of hydrogen-bond acceptors (Lipinski definition) is 3. The fraction of sp³-hybridized carbons (Fsp3) is 0.583. The highest BCUT2D eigenvalue weighted by atomic mass is 19.1. The predicted octanol–water partition coefficient (Wildman–Crippen LogP) is 1.65. The number of nitrogens with one attached hydrogen (secondary N) is 1. The summed E-state index contributed by atoms with van der Waals surface area (Å²) in [5.41, 5.74) is 0.876. The number of likely N-dealkylation sites (N-methyl/N-ethyl adjacent to an activating group) is 1. The molecule has 1 rings (SSSR count). The van der Waals surface area contributed by atoms with Gasteiger partial charge in [-0.3, -0.25) is 4.98 Å². The van der Waals surface area contributed by atoms with E-state index in [1.54, 1.807) is 6.07 Å². The highest BCUT2D eigenvalue weighted by Gasteiger charge is 1.98. The van der Waals surface area contributed by atoms with Crippen LogP contribution in [-0.2, 0) is 6.54 Å². The minimum atomic E-state index is -0.285. The summed E-state index contributed by atoms with van der Waals surface area (Å²) in [7, 11) is 0. The van der Waals surface area contributed by atoms with E-state index in [1.807, 2.05) is 0 Å². The first kappa shape index (κ1) is 13.1. The molecule has 0 saturated carbocycles. The zero-order valence-corrected chi connectivity index (χ0v) is 10.0. The molecule has 0 saturated heterocycles. The van der Waals surface area contributed by atoms with Crippen LogP contribution in [0, 0.1) is 5.82 Å². The van der Waals surface area contributed by atoms with Crippen LogP contribution >= 0.6 is 0 Å². The monoisotopic (exact) mass is 225 g/mol. The van der Waals surface area contributed by atoms with Crippen molar-refractivity contribution in [3.05, 3.63) is 29.8 Å². The number of aromatic nitrogens is 1. The van der Waals surface area contributed by atoms with E-state index in [0.29, 0.717) is 6.54 Å². The quantitative estimate of drug-likeness (QED) is 0.715. The number of rotatable bonds is 7. The van der Waals surface area contributed by atoms with Crippen LogP contribution in [0.15, 0.2) is 18.3 Å². The maximum Gasteiger partial charge on any atom is 0.141 e. The summed E-state index contributed by atoms with van der Waals surface area (Å²) in [4.78, 5) is 6.34. The van der Waals surface area contributed by atoms with Crippen molar-refractivity contribution in [3.63, 3.8) is 0 Å². The van der Waals surface area contributed by atoms with Crippen molar-refractivity contribution >= 4 is 0 Å². The van der Waals surface area contributed by atoms with Crippen LogP contribution < -0.4 is 5.32 Å². The fourth-order valence-corrected chi connectivity index (χ4v) is 1.50. The predicted molar refractivity (Wildman–Crippen MR) is 63.7 cm³/mol. The molecule has 1 aromatic heterocycles. The molecule has 1 N–H and O–H groups in total. The summed E-state index contributed by atoms with van der Waals surface area (Å²) < 4.78 is 12.6. The van der Waals surface area contributed by atoms with E-state index in [4.69, 9.17) is 0 Å². The number of nitrogens with zero attached hydrogens (tertiary/aromatic N) is 2. The van der Waals surface area contributed by atoms with Crippen molar-refractivity contribution in [2.24, 2.45) is 0 Å². The molecule has 0 spiro atoms. The van der Waals surface area contributed by atoms with Crippen molar-refractivity contribution in [3.8, 4) is 0 Å². The summed E-state index contributed by atoms with van der Waals surface area (Å²) in [6, 6.07) is 3.15. The summed E-state index contributed by atoms with van der Waals surface area (Å²) in [6.45, 7) is 9.13. The molecule has 0 aromatic carbocycles. The average Bonchev–Trinajstić information content (AvgIpc) is 2.32. The van der Waals surface area contributed by atoms with Crippen molar-refractivity contribution in [2.75, 3.05) is 26.2 Å². The molecule has 90 valence electrons. The third-order valence-electron chi connectivity index (χ3n) is 2.59. The van der Waals surface area contributed by atoms with Gasteiger partial charge in [-0.15, -0.1) is 0 Å². The minimum absolute atomic E-state index is 0.285. The van der Waals surface area contributed by atoms with E-state index in [9.17, 15) is 4.39 Å². The van der Waals surface area contributed by atoms with Crippen LogP contribution in [0.25, 0.3) is 0 Å². The lowest BCUT2D eigenvalue weighted by Gasteiger charge is -2.17. The van der Waals surface area contributed by atoms with Crippen LogP contribution in [0.2, 0.25) is 0 Å². The molecule has 3 nitrogen and oxygen atoms in total. The zero-order chi connectivity index (χ0) is 11.8. The highest BCUT2D eigenvalue weighted by molar-refractivity contribution is 5.04. The molecule has 4 heteroatoms. The highest BCUT2D eigenvalue weighted by Crippen LogP contribution is 1.97. The first-order chi connectivity index (χ1) is 7.76. The Balaban J connectivity index is 2.18. The molecule has 0 aliphatic heterocycles. The number of hydrogen-bond donors (Lipinski definition) is 1. The molecule has 0 bridgehead atoms. The van der Waals surface area contributed by atoms with Crippen LogP contribution in [0.3, 0.4) is 0 Å². The molecular weight excluding hydrogens is 205 g/mol. The molecule has 0 aliphatic rings. The second kappa shape index (κ2) is 7.30. The summed E-state index contributed by atoms with van der Waals surface area (Å²) in [5, 5.41) is 3.29. The van der Waals surface area contributed by atoms with Crippen LogP contribution in [0.5, 0.6) is 0 Å². The molecule has 1 aromatic rings. The van der Waals surface area contributed by atoms with Crippen molar-refractivity contribution in [1.82, 2.24) is 15.2 Å². The van der Waals surface area contributed by atoms with E-state index in [0.717, 1.165) is 31.9 Å². The Labute approximate surface area is 96.7 Å². The molecule has 1 heterocycles. The van der Waals surface area contributed by atoms with E-state index < -0.39 is 0 Å². The van der Waals surface area contributed by atoms with Crippen LogP contribution in [-0.4, -0.2) is 36.1 Å². The average molecular weight is 225 g/mol. The van der Waals surface area contributed by atoms with Crippen LogP contribution in [0.1, 0.15) is 19.5 Å². The SMILES string of the molecule is CCN(CC)CCNCc1ccc(F)cn1. The Morgan fingerprint density at radius 1 is 1.31 bits per heavy atom. The summed E-state index contributed by atoms with van der Waals surface area (Å²) >= 11 is 0. The van der Waals surface area contributed by atoms with Gasteiger partial charge < -0.3 is 10.2 Å². The standard InChI is InChI=1S/C12H20FN3/c1-3-16(4-2)8-7-14-10-12-6-5-11(13)9-15-12/h5-6,9,14H,3-4,7-8,10H2,1-2H3. The van der Waals surface area contributed by atoms with Gasteiger partial charge in [-0.25, -0.2) is 4.39 Å². The Bertz CT molecular complexity index is 283. The third kappa shape index (κ3) is 4.68. The fourth-order valence-electron chi connectivity index (χ4n) is 1.50. The van der Waals surface area contributed by atoms with Gasteiger partial charge in [-0.05, 0) is 25.2 Å². The van der Waals surface area contributed by atoms with Gasteiger partial charge in [-0.1, -0.05) is 13.8 Å². The lowest BCUT2D eigenvalue weighted by Crippen LogP contribution is -2.31. The Morgan fingerprint density at radius 2 is 2.06 bits per heavy atom. The molecular formula is C12H20FN3. The van der Waals surface area contributed by atoms with E-state index >= 15 is 0 Å². The largest absolute Gasteiger partial charge is 0.310 e. The van der Waals surface area contributed by atoms with Crippen LogP contribution in [0.4, 0.5) is 4.39 Å². The van der Waals surface area contributed by atoms with E-state index in [-0.39, 0.29) is 5.82 Å². The van der Waals surface area contributed by atoms with Gasteiger partial charge in [0.15, 0.2) is 0 Å².